The van der Waals surface area contributed by atoms with Gasteiger partial charge in [-0.2, -0.15) is 0 Å². The number of hydrogen-bond acceptors (Lipinski definition) is 0. The Morgan fingerprint density at radius 3 is 0.449 bits per heavy atom. The van der Waals surface area contributed by atoms with Gasteiger partial charge in [-0.25, -0.2) is 0 Å². The molecule has 107 heavy (non-hydrogen) atoms. The summed E-state index contributed by atoms with van der Waals surface area (Å²) >= 11 is 0. The summed E-state index contributed by atoms with van der Waals surface area (Å²) < 4.78 is 0. The Morgan fingerprint density at radius 2 is 0.262 bits per heavy atom. The summed E-state index contributed by atoms with van der Waals surface area (Å²) in [6, 6.07) is 123. The van der Waals surface area contributed by atoms with Crippen molar-refractivity contribution in [2.45, 2.75) is 76.7 Å². The lowest BCUT2D eigenvalue weighted by molar-refractivity contribution is 1.46. The number of aryl methyl sites for hydroxylation is 10. The summed E-state index contributed by atoms with van der Waals surface area (Å²) in [7, 11) is 0. The number of fused-ring (bicyclic) bond motifs is 6. The van der Waals surface area contributed by atoms with Gasteiger partial charge in [-0.15, -0.1) is 0 Å². The van der Waals surface area contributed by atoms with Crippen molar-refractivity contribution >= 4 is 64.6 Å². The molecule has 0 unspecified atom stereocenters. The van der Waals surface area contributed by atoms with E-state index in [1.165, 1.54) is 232 Å². The molecule has 0 radical (unpaired) electrons. The molecule has 0 heteroatoms. The standard InChI is InChI=1S/C58H44.C48H40.CH4/c1-37-15-21-45(22-16-37)53-49-33-19-39(3)35-51(49)56(48-31-27-44(28-32-48)42-13-9-6-10-14-42)58-54(46-23-17-38(2)18-24-46)50-34-20-40(4)36-52(50)55(57(53)58)47-29-25-43(26-30-47)41-11-7-5-8-12-41;1-29-7-17-35(18-8-29)43-39-25-15-33(5)27-41(39)46(38-23-13-32(4)14-24-38)48-44(36-19-9-30(2)10-20-36)40-26-16-34(6)28-42(40)45(47(43)48)37-21-11-31(3)12-22-37;/h5-36H,1-4H3;7-28H,1-6H3;1H4. The highest BCUT2D eigenvalue weighted by Crippen LogP contribution is 2.57. The summed E-state index contributed by atoms with van der Waals surface area (Å²) in [5.74, 6) is 0. The molecule has 18 rings (SSSR count). The average Bonchev–Trinajstić information content (AvgIpc) is 0.702. The van der Waals surface area contributed by atoms with Crippen LogP contribution in [0.3, 0.4) is 0 Å². The number of rotatable bonds is 10. The van der Waals surface area contributed by atoms with Gasteiger partial charge in [0.2, 0.25) is 0 Å². The van der Waals surface area contributed by atoms with Crippen LogP contribution in [0, 0.1) is 69.2 Å². The molecule has 516 valence electrons. The molecule has 0 bridgehead atoms. The maximum atomic E-state index is 2.42. The smallest absolute Gasteiger partial charge is 0.000139 e. The van der Waals surface area contributed by atoms with Gasteiger partial charge >= 0.3 is 0 Å². The Kier molecular flexibility index (Phi) is 18.4. The zero-order valence-corrected chi connectivity index (χ0v) is 62.2. The molecule has 0 saturated carbocycles. The summed E-state index contributed by atoms with van der Waals surface area (Å²) in [6.07, 6.45) is 0. The van der Waals surface area contributed by atoms with Gasteiger partial charge in [-0.05, 0) is 245 Å². The highest BCUT2D eigenvalue weighted by atomic mass is 14.3. The van der Waals surface area contributed by atoms with Crippen LogP contribution in [0.4, 0.5) is 0 Å². The Labute approximate surface area is 631 Å². The summed E-state index contributed by atoms with van der Waals surface area (Å²) in [6.45, 7) is 21.9. The molecule has 0 amide bonds. The summed E-state index contributed by atoms with van der Waals surface area (Å²) in [4.78, 5) is 0. The first kappa shape index (κ1) is 68.9. The minimum atomic E-state index is 0. The summed E-state index contributed by atoms with van der Waals surface area (Å²) in [5, 5.41) is 15.4. The second kappa shape index (κ2) is 28.5. The third kappa shape index (κ3) is 12.8. The van der Waals surface area contributed by atoms with E-state index in [4.69, 9.17) is 0 Å². The normalized spacial score (nSPS) is 11.4. The van der Waals surface area contributed by atoms with Gasteiger partial charge < -0.3 is 0 Å². The van der Waals surface area contributed by atoms with Gasteiger partial charge in [0.15, 0.2) is 0 Å². The van der Waals surface area contributed by atoms with Crippen LogP contribution in [-0.4, -0.2) is 0 Å². The van der Waals surface area contributed by atoms with E-state index in [1.54, 1.807) is 0 Å². The van der Waals surface area contributed by atoms with Crippen molar-refractivity contribution in [2.75, 3.05) is 0 Å². The zero-order valence-electron chi connectivity index (χ0n) is 62.2. The molecule has 0 aromatic heterocycles. The van der Waals surface area contributed by atoms with Crippen LogP contribution in [0.2, 0.25) is 0 Å². The molecule has 0 atom stereocenters. The summed E-state index contributed by atoms with van der Waals surface area (Å²) in [5.41, 5.74) is 37.5. The quantitative estimate of drug-likeness (QED) is 0.120. The molecular formula is C107H88. The second-order valence-corrected chi connectivity index (χ2v) is 29.8. The predicted molar refractivity (Wildman–Crippen MR) is 466 cm³/mol. The molecule has 0 heterocycles. The van der Waals surface area contributed by atoms with Gasteiger partial charge in [-0.1, -0.05) is 391 Å². The molecule has 0 aliphatic carbocycles. The van der Waals surface area contributed by atoms with E-state index in [0.29, 0.717) is 0 Å². The molecule has 0 spiro atoms. The molecule has 0 aliphatic rings. The molecule has 18 aromatic rings. The van der Waals surface area contributed by atoms with Gasteiger partial charge in [0.25, 0.3) is 0 Å². The highest BCUT2D eigenvalue weighted by molar-refractivity contribution is 6.36. The van der Waals surface area contributed by atoms with Crippen molar-refractivity contribution in [2.24, 2.45) is 0 Å². The monoisotopic (exact) mass is 1370 g/mol. The van der Waals surface area contributed by atoms with Crippen LogP contribution >= 0.6 is 0 Å². The van der Waals surface area contributed by atoms with Crippen molar-refractivity contribution in [3.05, 3.63) is 383 Å². The third-order valence-corrected chi connectivity index (χ3v) is 22.0. The lowest BCUT2D eigenvalue weighted by Crippen LogP contribution is -1.98. The van der Waals surface area contributed by atoms with Crippen LogP contribution in [0.1, 0.15) is 63.1 Å². The molecule has 18 aromatic carbocycles. The van der Waals surface area contributed by atoms with E-state index in [9.17, 15) is 0 Å². The topological polar surface area (TPSA) is 0 Å². The van der Waals surface area contributed by atoms with Gasteiger partial charge in [0, 0.05) is 0 Å². The van der Waals surface area contributed by atoms with Crippen LogP contribution in [0.15, 0.2) is 328 Å². The van der Waals surface area contributed by atoms with Crippen molar-refractivity contribution in [1.82, 2.24) is 0 Å². The minimum Gasteiger partial charge on any atom is -0.0776 e. The Hall–Kier alpha value is -12.5. The first-order valence-corrected chi connectivity index (χ1v) is 37.3. The van der Waals surface area contributed by atoms with E-state index in [-0.39, 0.29) is 7.43 Å². The molecule has 0 saturated heterocycles. The fraction of sp³-hybridized carbons (Fsp3) is 0.103. The lowest BCUT2D eigenvalue weighted by atomic mass is 9.77. The lowest BCUT2D eigenvalue weighted by Gasteiger charge is -2.26. The SMILES string of the molecule is C.Cc1ccc(-c2c3ccc(C)cc3c(-c3ccc(-c4ccccc4)cc3)c3c(-c4ccc(C)cc4)c4ccc(C)cc4c(-c4ccc(-c5ccccc5)cc4)c23)cc1.Cc1ccc(-c2c3ccc(C)cc3c(-c3ccc(C)cc3)c3c(-c4ccc(C)cc4)c4ccc(C)cc4c(-c4ccc(C)cc4)c23)cc1. The molecular weight excluding hydrogens is 1290 g/mol. The maximum absolute atomic E-state index is 2.42. The number of benzene rings is 18. The maximum Gasteiger partial charge on any atom is -0.000139 e. The fourth-order valence-electron chi connectivity index (χ4n) is 16.5. The van der Waals surface area contributed by atoms with Gasteiger partial charge in [0.05, 0.1) is 0 Å². The fourth-order valence-corrected chi connectivity index (χ4v) is 16.5. The Balaban J connectivity index is 0.000000165. The van der Waals surface area contributed by atoms with Crippen molar-refractivity contribution < 1.29 is 0 Å². The van der Waals surface area contributed by atoms with Crippen LogP contribution in [0.5, 0.6) is 0 Å². The largest absolute Gasteiger partial charge is 0.0776 e. The third-order valence-electron chi connectivity index (χ3n) is 22.0. The Bertz CT molecular complexity index is 6000. The van der Waals surface area contributed by atoms with E-state index < -0.39 is 0 Å². The molecule has 0 aliphatic heterocycles. The Morgan fingerprint density at radius 1 is 0.121 bits per heavy atom. The first-order chi connectivity index (χ1) is 51.7. The van der Waals surface area contributed by atoms with Crippen LogP contribution in [0.25, 0.3) is 176 Å². The van der Waals surface area contributed by atoms with Gasteiger partial charge in [-0.3, -0.25) is 0 Å². The minimum absolute atomic E-state index is 0. The predicted octanol–water partition coefficient (Wildman–Crippen LogP) is 30.7. The van der Waals surface area contributed by atoms with Gasteiger partial charge in [0.1, 0.15) is 0 Å². The number of hydrogen-bond donors (Lipinski definition) is 0. The van der Waals surface area contributed by atoms with Crippen LogP contribution < -0.4 is 0 Å². The van der Waals surface area contributed by atoms with Crippen LogP contribution in [-0.2, 0) is 0 Å². The highest BCUT2D eigenvalue weighted by Gasteiger charge is 2.29. The molecule has 0 fully saturated rings. The van der Waals surface area contributed by atoms with E-state index >= 15 is 0 Å². The first-order valence-electron chi connectivity index (χ1n) is 37.3. The molecule has 0 N–H and O–H groups in total. The second-order valence-electron chi connectivity index (χ2n) is 29.8. The zero-order chi connectivity index (χ0) is 72.4. The van der Waals surface area contributed by atoms with E-state index in [1.807, 2.05) is 0 Å². The van der Waals surface area contributed by atoms with E-state index in [0.717, 1.165) is 0 Å². The van der Waals surface area contributed by atoms with E-state index in [2.05, 4.69) is 397 Å². The molecule has 0 nitrogen and oxygen atoms in total. The van der Waals surface area contributed by atoms with Crippen molar-refractivity contribution in [3.63, 3.8) is 0 Å². The van der Waals surface area contributed by atoms with Crippen molar-refractivity contribution in [3.8, 4) is 111 Å². The van der Waals surface area contributed by atoms with Crippen molar-refractivity contribution in [1.29, 1.82) is 0 Å². The average molecular weight is 1370 g/mol.